The van der Waals surface area contributed by atoms with Gasteiger partial charge < -0.3 is 10.1 Å². The molecular formula is C15H19FN2O. The first kappa shape index (κ1) is 13.8. The molecule has 1 saturated carbocycles. The van der Waals surface area contributed by atoms with Crippen LogP contribution in [-0.2, 0) is 6.54 Å². The summed E-state index contributed by atoms with van der Waals surface area (Å²) in [7, 11) is 0. The molecule has 102 valence electrons. The molecule has 0 amide bonds. The highest BCUT2D eigenvalue weighted by Gasteiger charge is 2.20. The second-order valence-electron chi connectivity index (χ2n) is 4.91. The van der Waals surface area contributed by atoms with Crippen LogP contribution in [0.25, 0.3) is 0 Å². The van der Waals surface area contributed by atoms with Crippen LogP contribution < -0.4 is 10.1 Å². The fourth-order valence-electron chi connectivity index (χ4n) is 1.85. The third kappa shape index (κ3) is 5.27. The van der Waals surface area contributed by atoms with Crippen molar-refractivity contribution in [2.45, 2.75) is 44.7 Å². The standard InChI is InChI=1S/C15H19FN2O/c16-13-8-12(11-18-14-4-5-14)9-15(10-13)19-7-3-1-2-6-17/h8-10,14,18H,1-5,7,11H2. The molecule has 4 heteroatoms. The average Bonchev–Trinajstić information content (AvgIpc) is 3.20. The minimum absolute atomic E-state index is 0.262. The second-order valence-corrected chi connectivity index (χ2v) is 4.91. The van der Waals surface area contributed by atoms with E-state index in [2.05, 4.69) is 11.4 Å². The molecule has 0 aromatic heterocycles. The van der Waals surface area contributed by atoms with E-state index in [-0.39, 0.29) is 5.82 Å². The lowest BCUT2D eigenvalue weighted by Crippen LogP contribution is -2.15. The summed E-state index contributed by atoms with van der Waals surface area (Å²) in [4.78, 5) is 0. The third-order valence-electron chi connectivity index (χ3n) is 3.05. The Morgan fingerprint density at radius 3 is 2.89 bits per heavy atom. The number of halogens is 1. The largest absolute Gasteiger partial charge is 0.493 e. The van der Waals surface area contributed by atoms with Gasteiger partial charge in [0.2, 0.25) is 0 Å². The van der Waals surface area contributed by atoms with Crippen LogP contribution in [0, 0.1) is 17.1 Å². The number of ether oxygens (including phenoxy) is 1. The number of nitriles is 1. The Morgan fingerprint density at radius 1 is 1.32 bits per heavy atom. The molecule has 0 atom stereocenters. The topological polar surface area (TPSA) is 45.0 Å². The average molecular weight is 262 g/mol. The summed E-state index contributed by atoms with van der Waals surface area (Å²) in [6.45, 7) is 1.22. The molecule has 0 saturated heterocycles. The molecular weight excluding hydrogens is 243 g/mol. The van der Waals surface area contributed by atoms with E-state index in [1.165, 1.54) is 25.0 Å². The van der Waals surface area contributed by atoms with E-state index >= 15 is 0 Å². The van der Waals surface area contributed by atoms with Gasteiger partial charge in [0.1, 0.15) is 11.6 Å². The van der Waals surface area contributed by atoms with Gasteiger partial charge in [0.25, 0.3) is 0 Å². The quantitative estimate of drug-likeness (QED) is 0.732. The summed E-state index contributed by atoms with van der Waals surface area (Å²) in [5, 5.41) is 11.8. The lowest BCUT2D eigenvalue weighted by molar-refractivity contribution is 0.305. The molecule has 1 fully saturated rings. The number of hydrogen-bond donors (Lipinski definition) is 1. The number of rotatable bonds is 8. The Bertz CT molecular complexity index is 452. The van der Waals surface area contributed by atoms with Crippen LogP contribution in [-0.4, -0.2) is 12.6 Å². The third-order valence-corrected chi connectivity index (χ3v) is 3.05. The molecule has 1 N–H and O–H groups in total. The molecule has 0 spiro atoms. The summed E-state index contributed by atoms with van der Waals surface area (Å²) < 4.78 is 19.0. The van der Waals surface area contributed by atoms with E-state index < -0.39 is 0 Å². The second kappa shape index (κ2) is 7.10. The molecule has 1 aliphatic carbocycles. The smallest absolute Gasteiger partial charge is 0.127 e. The molecule has 0 bridgehead atoms. The van der Waals surface area contributed by atoms with Gasteiger partial charge in [0.15, 0.2) is 0 Å². The van der Waals surface area contributed by atoms with Crippen molar-refractivity contribution < 1.29 is 9.13 Å². The van der Waals surface area contributed by atoms with Crippen LogP contribution in [0.15, 0.2) is 18.2 Å². The fourth-order valence-corrected chi connectivity index (χ4v) is 1.85. The van der Waals surface area contributed by atoms with Crippen LogP contribution in [0.4, 0.5) is 4.39 Å². The summed E-state index contributed by atoms with van der Waals surface area (Å²) in [5.74, 6) is 0.312. The lowest BCUT2D eigenvalue weighted by atomic mass is 10.2. The first-order valence-corrected chi connectivity index (χ1v) is 6.80. The van der Waals surface area contributed by atoms with Crippen LogP contribution in [0.1, 0.15) is 37.7 Å². The molecule has 3 nitrogen and oxygen atoms in total. The van der Waals surface area contributed by atoms with Crippen LogP contribution in [0.5, 0.6) is 5.75 Å². The molecule has 2 rings (SSSR count). The Labute approximate surface area is 113 Å². The number of unbranched alkanes of at least 4 members (excludes halogenated alkanes) is 2. The molecule has 0 heterocycles. The lowest BCUT2D eigenvalue weighted by Gasteiger charge is -2.09. The number of nitrogens with zero attached hydrogens (tertiary/aromatic N) is 1. The normalized spacial score (nSPS) is 14.1. The zero-order valence-electron chi connectivity index (χ0n) is 11.0. The number of nitrogens with one attached hydrogen (secondary N) is 1. The van der Waals surface area contributed by atoms with Crippen molar-refractivity contribution in [3.05, 3.63) is 29.6 Å². The van der Waals surface area contributed by atoms with Gasteiger partial charge in [-0.1, -0.05) is 0 Å². The van der Waals surface area contributed by atoms with Crippen LogP contribution in [0.2, 0.25) is 0 Å². The van der Waals surface area contributed by atoms with Crippen molar-refractivity contribution >= 4 is 0 Å². The highest BCUT2D eigenvalue weighted by molar-refractivity contribution is 5.29. The predicted molar refractivity (Wildman–Crippen MR) is 71.2 cm³/mol. The summed E-state index contributed by atoms with van der Waals surface area (Å²) in [6, 6.07) is 7.53. The first-order chi connectivity index (χ1) is 9.28. The Balaban J connectivity index is 1.79. The minimum Gasteiger partial charge on any atom is -0.493 e. The van der Waals surface area contributed by atoms with E-state index in [9.17, 15) is 4.39 Å². The Kier molecular flexibility index (Phi) is 5.17. The van der Waals surface area contributed by atoms with Crippen LogP contribution >= 0.6 is 0 Å². The molecule has 0 aliphatic heterocycles. The maximum absolute atomic E-state index is 13.4. The minimum atomic E-state index is -0.262. The fraction of sp³-hybridized carbons (Fsp3) is 0.533. The zero-order chi connectivity index (χ0) is 13.5. The van der Waals surface area contributed by atoms with Gasteiger partial charge in [0.05, 0.1) is 12.7 Å². The number of hydrogen-bond acceptors (Lipinski definition) is 3. The number of benzene rings is 1. The van der Waals surface area contributed by atoms with Crippen molar-refractivity contribution in [1.29, 1.82) is 5.26 Å². The van der Waals surface area contributed by atoms with E-state index in [0.29, 0.717) is 31.4 Å². The van der Waals surface area contributed by atoms with Crippen molar-refractivity contribution in [3.8, 4) is 11.8 Å². The highest BCUT2D eigenvalue weighted by atomic mass is 19.1. The SMILES string of the molecule is N#CCCCCOc1cc(F)cc(CNC2CC2)c1. The molecule has 1 aliphatic rings. The summed E-state index contributed by atoms with van der Waals surface area (Å²) in [6.07, 6.45) is 4.62. The zero-order valence-corrected chi connectivity index (χ0v) is 11.0. The van der Waals surface area contributed by atoms with Crippen LogP contribution in [0.3, 0.4) is 0 Å². The predicted octanol–water partition coefficient (Wildman–Crippen LogP) is 3.15. The molecule has 19 heavy (non-hydrogen) atoms. The summed E-state index contributed by atoms with van der Waals surface area (Å²) in [5.41, 5.74) is 0.916. The summed E-state index contributed by atoms with van der Waals surface area (Å²) >= 11 is 0. The van der Waals surface area contributed by atoms with Gasteiger partial charge in [-0.15, -0.1) is 0 Å². The first-order valence-electron chi connectivity index (χ1n) is 6.80. The monoisotopic (exact) mass is 262 g/mol. The molecule has 0 unspecified atom stereocenters. The van der Waals surface area contributed by atoms with Gasteiger partial charge in [-0.05, 0) is 43.4 Å². The van der Waals surface area contributed by atoms with Crippen molar-refractivity contribution in [3.63, 3.8) is 0 Å². The van der Waals surface area contributed by atoms with Crippen molar-refractivity contribution in [2.24, 2.45) is 0 Å². The van der Waals surface area contributed by atoms with Gasteiger partial charge in [-0.3, -0.25) is 0 Å². The van der Waals surface area contributed by atoms with Gasteiger partial charge in [-0.25, -0.2) is 4.39 Å². The highest BCUT2D eigenvalue weighted by Crippen LogP contribution is 2.21. The van der Waals surface area contributed by atoms with E-state index in [4.69, 9.17) is 10.00 Å². The molecule has 0 radical (unpaired) electrons. The van der Waals surface area contributed by atoms with Gasteiger partial charge >= 0.3 is 0 Å². The Hall–Kier alpha value is -1.60. The maximum Gasteiger partial charge on any atom is 0.127 e. The Morgan fingerprint density at radius 2 is 2.16 bits per heavy atom. The maximum atomic E-state index is 13.4. The van der Waals surface area contributed by atoms with Crippen molar-refractivity contribution in [2.75, 3.05) is 6.61 Å². The van der Waals surface area contributed by atoms with E-state index in [0.717, 1.165) is 18.4 Å². The van der Waals surface area contributed by atoms with E-state index in [1.807, 2.05) is 6.07 Å². The van der Waals surface area contributed by atoms with E-state index in [1.54, 1.807) is 0 Å². The van der Waals surface area contributed by atoms with Gasteiger partial charge in [-0.2, -0.15) is 5.26 Å². The molecule has 1 aromatic rings. The van der Waals surface area contributed by atoms with Gasteiger partial charge in [0, 0.05) is 25.1 Å². The molecule has 1 aromatic carbocycles. The van der Waals surface area contributed by atoms with Crippen molar-refractivity contribution in [1.82, 2.24) is 5.32 Å².